The van der Waals surface area contributed by atoms with Gasteiger partial charge in [0.25, 0.3) is 0 Å². The van der Waals surface area contributed by atoms with Crippen LogP contribution in [0.5, 0.6) is 0 Å². The smallest absolute Gasteiger partial charge is 0.230 e. The van der Waals surface area contributed by atoms with E-state index in [-0.39, 0.29) is 5.91 Å². The molecule has 4 nitrogen and oxygen atoms in total. The first kappa shape index (κ1) is 19.3. The molecular formula is C25H25N3OS. The summed E-state index contributed by atoms with van der Waals surface area (Å²) in [4.78, 5) is 21.4. The zero-order valence-corrected chi connectivity index (χ0v) is 18.1. The van der Waals surface area contributed by atoms with E-state index in [1.165, 1.54) is 34.0 Å². The molecule has 3 aliphatic rings. The molecular weight excluding hydrogens is 390 g/mol. The first-order valence-electron chi connectivity index (χ1n) is 10.5. The van der Waals surface area contributed by atoms with Crippen LogP contribution in [0.25, 0.3) is 0 Å². The summed E-state index contributed by atoms with van der Waals surface area (Å²) in [5.74, 6) is 1.61. The van der Waals surface area contributed by atoms with Crippen molar-refractivity contribution in [2.45, 2.75) is 37.3 Å². The molecule has 5 heteroatoms. The molecule has 1 aromatic heterocycles. The molecule has 30 heavy (non-hydrogen) atoms. The average Bonchev–Trinajstić information content (AvgIpc) is 2.76. The minimum absolute atomic E-state index is 0.0470. The fourth-order valence-electron chi connectivity index (χ4n) is 5.14. The van der Waals surface area contributed by atoms with Crippen molar-refractivity contribution in [2.24, 2.45) is 5.92 Å². The van der Waals surface area contributed by atoms with Gasteiger partial charge in [0.05, 0.1) is 5.75 Å². The van der Waals surface area contributed by atoms with Crippen LogP contribution in [0.2, 0.25) is 0 Å². The molecule has 1 N–H and O–H groups in total. The van der Waals surface area contributed by atoms with Gasteiger partial charge in [0.2, 0.25) is 5.91 Å². The van der Waals surface area contributed by atoms with Gasteiger partial charge in [0.1, 0.15) is 0 Å². The van der Waals surface area contributed by atoms with Gasteiger partial charge in [-0.15, -0.1) is 0 Å². The summed E-state index contributed by atoms with van der Waals surface area (Å²) in [6.45, 7) is 4.61. The molecule has 1 atom stereocenters. The average molecular weight is 416 g/mol. The third kappa shape index (κ3) is 3.52. The van der Waals surface area contributed by atoms with Gasteiger partial charge < -0.3 is 5.32 Å². The van der Waals surface area contributed by atoms with E-state index in [0.29, 0.717) is 35.2 Å². The zero-order valence-electron chi connectivity index (χ0n) is 17.3. The Balaban J connectivity index is 1.28. The number of rotatable bonds is 5. The molecule has 0 saturated carbocycles. The lowest BCUT2D eigenvalue weighted by Gasteiger charge is -2.45. The second kappa shape index (κ2) is 7.88. The molecule has 0 spiro atoms. The van der Waals surface area contributed by atoms with Crippen LogP contribution < -0.4 is 5.32 Å². The maximum atomic E-state index is 12.5. The predicted molar refractivity (Wildman–Crippen MR) is 120 cm³/mol. The standard InChI is InChI=1S/C25H25N3OS/c1-15-11-16(2)28-25(27-15)30-14-23(29)26-13-17-12-22-18-7-3-5-9-20(18)24(17)21-10-6-4-8-19(21)22/h3-11,17,22,24H,12-14H2,1-2H3,(H,26,29). The molecule has 152 valence electrons. The summed E-state index contributed by atoms with van der Waals surface area (Å²) in [6.07, 6.45) is 1.09. The van der Waals surface area contributed by atoms with Gasteiger partial charge in [0.15, 0.2) is 5.16 Å². The lowest BCUT2D eigenvalue weighted by Crippen LogP contribution is -2.39. The van der Waals surface area contributed by atoms with Crippen molar-refractivity contribution >= 4 is 17.7 Å². The van der Waals surface area contributed by atoms with E-state index in [4.69, 9.17) is 0 Å². The number of aromatic nitrogens is 2. The molecule has 1 amide bonds. The second-order valence-electron chi connectivity index (χ2n) is 8.31. The lowest BCUT2D eigenvalue weighted by atomic mass is 9.59. The number of hydrogen-bond acceptors (Lipinski definition) is 4. The topological polar surface area (TPSA) is 54.9 Å². The van der Waals surface area contributed by atoms with E-state index in [2.05, 4.69) is 63.8 Å². The normalized spacial score (nSPS) is 21.1. The number of hydrogen-bond donors (Lipinski definition) is 1. The van der Waals surface area contributed by atoms with Crippen molar-refractivity contribution in [2.75, 3.05) is 12.3 Å². The fourth-order valence-corrected chi connectivity index (χ4v) is 5.92. The number of carbonyl (C=O) groups is 1. The first-order valence-corrected chi connectivity index (χ1v) is 11.5. The number of thioether (sulfide) groups is 1. The lowest BCUT2D eigenvalue weighted by molar-refractivity contribution is -0.118. The molecule has 6 rings (SSSR count). The predicted octanol–water partition coefficient (Wildman–Crippen LogP) is 4.60. The van der Waals surface area contributed by atoms with Crippen molar-refractivity contribution in [3.63, 3.8) is 0 Å². The molecule has 2 bridgehead atoms. The Morgan fingerprint density at radius 1 is 0.967 bits per heavy atom. The van der Waals surface area contributed by atoms with E-state index >= 15 is 0 Å². The van der Waals surface area contributed by atoms with E-state index in [1.54, 1.807) is 0 Å². The van der Waals surface area contributed by atoms with Crippen molar-refractivity contribution in [1.29, 1.82) is 0 Å². The van der Waals surface area contributed by atoms with Crippen LogP contribution in [0.1, 0.15) is 51.9 Å². The Morgan fingerprint density at radius 3 is 2.13 bits per heavy atom. The fraction of sp³-hybridized carbons (Fsp3) is 0.320. The van der Waals surface area contributed by atoms with Crippen molar-refractivity contribution in [1.82, 2.24) is 15.3 Å². The summed E-state index contributed by atoms with van der Waals surface area (Å²) in [7, 11) is 0. The van der Waals surface area contributed by atoms with Gasteiger partial charge in [0, 0.05) is 29.8 Å². The summed E-state index contributed by atoms with van der Waals surface area (Å²) in [5, 5.41) is 3.85. The maximum absolute atomic E-state index is 12.5. The van der Waals surface area contributed by atoms with Gasteiger partial charge in [-0.05, 0) is 54.5 Å². The van der Waals surface area contributed by atoms with Crippen LogP contribution in [0.4, 0.5) is 0 Å². The number of nitrogens with one attached hydrogen (secondary N) is 1. The van der Waals surface area contributed by atoms with Gasteiger partial charge in [-0.25, -0.2) is 9.97 Å². The summed E-state index contributed by atoms with van der Waals surface area (Å²) in [6, 6.07) is 19.6. The molecule has 3 aliphatic carbocycles. The number of benzene rings is 2. The number of amides is 1. The Kier molecular flexibility index (Phi) is 5.07. The first-order chi connectivity index (χ1) is 14.6. The van der Waals surface area contributed by atoms with Crippen molar-refractivity contribution < 1.29 is 4.79 Å². The maximum Gasteiger partial charge on any atom is 0.230 e. The molecule has 0 aliphatic heterocycles. The van der Waals surface area contributed by atoms with Crippen LogP contribution in [0, 0.1) is 19.8 Å². The van der Waals surface area contributed by atoms with E-state index in [9.17, 15) is 4.79 Å². The Morgan fingerprint density at radius 2 is 1.53 bits per heavy atom. The van der Waals surface area contributed by atoms with Gasteiger partial charge in [-0.1, -0.05) is 60.3 Å². The van der Waals surface area contributed by atoms with Crippen LogP contribution in [0.15, 0.2) is 59.8 Å². The Labute approximate surface area is 181 Å². The monoisotopic (exact) mass is 415 g/mol. The van der Waals surface area contributed by atoms with Crippen molar-refractivity contribution in [3.8, 4) is 0 Å². The number of aryl methyl sites for hydroxylation is 2. The molecule has 0 radical (unpaired) electrons. The highest BCUT2D eigenvalue weighted by Gasteiger charge is 2.42. The minimum Gasteiger partial charge on any atom is -0.355 e. The van der Waals surface area contributed by atoms with Gasteiger partial charge in [-0.2, -0.15) is 0 Å². The van der Waals surface area contributed by atoms with Crippen LogP contribution in [-0.2, 0) is 4.79 Å². The van der Waals surface area contributed by atoms with Gasteiger partial charge >= 0.3 is 0 Å². The molecule has 0 saturated heterocycles. The highest BCUT2D eigenvalue weighted by molar-refractivity contribution is 7.99. The van der Waals surface area contributed by atoms with Crippen molar-refractivity contribution in [3.05, 3.63) is 88.2 Å². The van der Waals surface area contributed by atoms with Gasteiger partial charge in [-0.3, -0.25) is 4.79 Å². The third-order valence-corrected chi connectivity index (χ3v) is 7.13. The summed E-state index contributed by atoms with van der Waals surface area (Å²) >= 11 is 1.40. The van der Waals surface area contributed by atoms with E-state index in [1.807, 2.05) is 19.9 Å². The quantitative estimate of drug-likeness (QED) is 0.489. The van der Waals surface area contributed by atoms with Crippen LogP contribution in [-0.4, -0.2) is 28.2 Å². The second-order valence-corrected chi connectivity index (χ2v) is 9.25. The Bertz CT molecular complexity index is 1050. The molecule has 3 aromatic rings. The summed E-state index contributed by atoms with van der Waals surface area (Å²) < 4.78 is 0. The summed E-state index contributed by atoms with van der Waals surface area (Å²) in [5.41, 5.74) is 7.66. The van der Waals surface area contributed by atoms with E-state index in [0.717, 1.165) is 17.8 Å². The van der Waals surface area contributed by atoms with E-state index < -0.39 is 0 Å². The number of nitrogens with zero attached hydrogens (tertiary/aromatic N) is 2. The van der Waals surface area contributed by atoms with Crippen LogP contribution >= 0.6 is 11.8 Å². The highest BCUT2D eigenvalue weighted by atomic mass is 32.2. The molecule has 1 unspecified atom stereocenters. The minimum atomic E-state index is 0.0470. The van der Waals surface area contributed by atoms with Crippen LogP contribution in [0.3, 0.4) is 0 Å². The molecule has 0 fully saturated rings. The SMILES string of the molecule is Cc1cc(C)nc(SCC(=O)NCC2CC3c4ccccc4C2c2ccccc23)n1. The Hall–Kier alpha value is -2.66. The molecule has 1 heterocycles. The number of fused-ring (bicyclic) bond motifs is 1. The number of carbonyl (C=O) groups excluding carboxylic acids is 1. The molecule has 2 aromatic carbocycles. The highest BCUT2D eigenvalue weighted by Crippen LogP contribution is 2.55. The zero-order chi connectivity index (χ0) is 20.7. The third-order valence-electron chi connectivity index (χ3n) is 6.28. The largest absolute Gasteiger partial charge is 0.355 e.